The van der Waals surface area contributed by atoms with Crippen molar-refractivity contribution in [2.75, 3.05) is 57.5 Å². The second kappa shape index (κ2) is 16.0. The van der Waals surface area contributed by atoms with E-state index in [4.69, 9.17) is 37.4 Å². The van der Waals surface area contributed by atoms with E-state index >= 15 is 0 Å². The fourth-order valence-corrected chi connectivity index (χ4v) is 7.62. The number of H-pyrrole nitrogens is 1. The summed E-state index contributed by atoms with van der Waals surface area (Å²) in [4.78, 5) is 20.0. The van der Waals surface area contributed by atoms with Crippen molar-refractivity contribution in [1.82, 2.24) is 30.4 Å². The SMILES string of the molecule is CCCCN1CN(C2(N3CCN(c4ccc(OCC5COC(C[n+]6cn[nH]c6)(c6ccc(Cl)cc6Cl)O5)cc4)CC3)C=CC=CC2)C(=O)N1.[Br-]. The largest absolute Gasteiger partial charge is 1.00 e. The molecule has 0 radical (unpaired) electrons. The summed E-state index contributed by atoms with van der Waals surface area (Å²) < 4.78 is 20.8. The van der Waals surface area contributed by atoms with Gasteiger partial charge in [-0.15, -0.1) is 5.10 Å². The van der Waals surface area contributed by atoms with Crippen LogP contribution in [0.25, 0.3) is 0 Å². The zero-order valence-corrected chi connectivity index (χ0v) is 31.1. The van der Waals surface area contributed by atoms with E-state index in [0.29, 0.717) is 42.0 Å². The summed E-state index contributed by atoms with van der Waals surface area (Å²) in [6.45, 7) is 7.98. The number of nitrogens with one attached hydrogen (secondary N) is 2. The van der Waals surface area contributed by atoms with Crippen molar-refractivity contribution in [3.63, 3.8) is 0 Å². The Morgan fingerprint density at radius 3 is 2.62 bits per heavy atom. The molecule has 0 bridgehead atoms. The topological polar surface area (TPSA) is 102 Å². The molecular weight excluding hydrogens is 747 g/mol. The number of rotatable bonds is 12. The molecule has 15 heteroatoms. The number of unbranched alkanes of at least 4 members (excludes halogenated alkanes) is 1. The monoisotopic (exact) mass is 788 g/mol. The van der Waals surface area contributed by atoms with Gasteiger partial charge in [-0.2, -0.15) is 0 Å². The summed E-state index contributed by atoms with van der Waals surface area (Å²) in [6, 6.07) is 13.5. The third kappa shape index (κ3) is 7.69. The number of allylic oxidation sites excluding steroid dienone is 2. The zero-order chi connectivity index (χ0) is 33.8. The molecule has 3 unspecified atom stereocenters. The number of ether oxygens (including phenoxy) is 3. The highest BCUT2D eigenvalue weighted by molar-refractivity contribution is 6.35. The van der Waals surface area contributed by atoms with Crippen LogP contribution in [0.1, 0.15) is 31.7 Å². The molecule has 3 atom stereocenters. The molecule has 2 aromatic carbocycles. The molecule has 3 fully saturated rings. The molecule has 3 aliphatic heterocycles. The molecule has 268 valence electrons. The van der Waals surface area contributed by atoms with Crippen LogP contribution in [0, 0.1) is 0 Å². The Morgan fingerprint density at radius 2 is 1.92 bits per heavy atom. The van der Waals surface area contributed by atoms with E-state index in [9.17, 15) is 4.79 Å². The van der Waals surface area contributed by atoms with Gasteiger partial charge in [-0.3, -0.25) is 15.2 Å². The number of hydrazine groups is 1. The summed E-state index contributed by atoms with van der Waals surface area (Å²) in [5.74, 6) is -0.367. The van der Waals surface area contributed by atoms with E-state index in [-0.39, 0.29) is 29.1 Å². The third-order valence-corrected chi connectivity index (χ3v) is 10.2. The van der Waals surface area contributed by atoms with Gasteiger partial charge in [0.2, 0.25) is 12.1 Å². The maximum atomic E-state index is 13.2. The van der Waals surface area contributed by atoms with Crippen molar-refractivity contribution >= 4 is 34.9 Å². The van der Waals surface area contributed by atoms with E-state index in [1.54, 1.807) is 24.8 Å². The van der Waals surface area contributed by atoms with Crippen LogP contribution in [0.5, 0.6) is 5.75 Å². The van der Waals surface area contributed by atoms with Gasteiger partial charge < -0.3 is 36.1 Å². The van der Waals surface area contributed by atoms with E-state index < -0.39 is 11.4 Å². The van der Waals surface area contributed by atoms with Gasteiger partial charge in [0, 0.05) is 60.5 Å². The summed E-state index contributed by atoms with van der Waals surface area (Å²) in [6.07, 6.45) is 14.5. The van der Waals surface area contributed by atoms with E-state index in [0.717, 1.165) is 63.4 Å². The average Bonchev–Trinajstić information content (AvgIpc) is 3.88. The van der Waals surface area contributed by atoms with Crippen LogP contribution in [0.2, 0.25) is 10.0 Å². The second-order valence-corrected chi connectivity index (χ2v) is 13.7. The van der Waals surface area contributed by atoms with Crippen molar-refractivity contribution < 1.29 is 40.6 Å². The Bertz CT molecular complexity index is 1660. The van der Waals surface area contributed by atoms with Gasteiger partial charge in [-0.1, -0.05) is 60.8 Å². The van der Waals surface area contributed by atoms with Crippen LogP contribution in [0.3, 0.4) is 0 Å². The normalized spacial score (nSPS) is 25.6. The number of nitrogens with zero attached hydrogens (tertiary/aromatic N) is 6. The van der Waals surface area contributed by atoms with Crippen molar-refractivity contribution in [2.24, 2.45) is 0 Å². The highest BCUT2D eigenvalue weighted by Crippen LogP contribution is 2.40. The first-order chi connectivity index (χ1) is 23.9. The van der Waals surface area contributed by atoms with Gasteiger partial charge in [0.15, 0.2) is 0 Å². The molecule has 50 heavy (non-hydrogen) atoms. The summed E-state index contributed by atoms with van der Waals surface area (Å²) in [5.41, 5.74) is 4.44. The number of anilines is 1. The lowest BCUT2D eigenvalue weighted by Gasteiger charge is -2.50. The number of hydrogen-bond donors (Lipinski definition) is 2. The lowest BCUT2D eigenvalue weighted by molar-refractivity contribution is -0.720. The number of aromatic amines is 1. The fraction of sp³-hybridized carbons (Fsp3) is 0.457. The first kappa shape index (κ1) is 36.6. The number of aromatic nitrogens is 3. The van der Waals surface area contributed by atoms with Gasteiger partial charge in [-0.05, 0) is 48.9 Å². The molecular formula is C35H43BrCl2N8O4. The van der Waals surface area contributed by atoms with Crippen LogP contribution in [0.4, 0.5) is 10.5 Å². The van der Waals surface area contributed by atoms with Crippen LogP contribution in [-0.2, 0) is 21.8 Å². The molecule has 4 heterocycles. The number of carbonyl (C=O) groups is 1. The van der Waals surface area contributed by atoms with Crippen molar-refractivity contribution in [1.29, 1.82) is 0 Å². The number of urea groups is 1. The Morgan fingerprint density at radius 1 is 1.10 bits per heavy atom. The van der Waals surface area contributed by atoms with Gasteiger partial charge in [-0.25, -0.2) is 14.4 Å². The number of piperazine rings is 1. The maximum absolute atomic E-state index is 13.2. The van der Waals surface area contributed by atoms with E-state index in [2.05, 4.69) is 68.8 Å². The highest BCUT2D eigenvalue weighted by Gasteiger charge is 2.48. The molecule has 12 nitrogen and oxygen atoms in total. The molecule has 4 aliphatic rings. The molecule has 0 spiro atoms. The number of halogens is 3. The van der Waals surface area contributed by atoms with E-state index in [1.165, 1.54) is 0 Å². The Kier molecular flexibility index (Phi) is 11.7. The van der Waals surface area contributed by atoms with Gasteiger partial charge in [0.05, 0.1) is 18.3 Å². The smallest absolute Gasteiger partial charge is 0.334 e. The maximum Gasteiger partial charge on any atom is 0.334 e. The van der Waals surface area contributed by atoms with Crippen molar-refractivity contribution in [3.8, 4) is 5.75 Å². The molecule has 2 amide bonds. The van der Waals surface area contributed by atoms with Crippen LogP contribution < -0.4 is 36.6 Å². The standard InChI is InChI=1S/C35H42Cl2N8O4.BrH/c1-2-3-15-44-26-45(33(46)40-44)34(13-5-4-6-14-34)43-18-16-42(17-19-43)28-8-10-29(11-9-28)47-21-30-22-48-35(49-30,23-41-24-38-39-25-41)31-12-7-27(36)20-32(31)37;/h4-13,20,24-25,30H,2-3,14-19,21-23,26H2,1H3,(H,40,46);1H. The van der Waals surface area contributed by atoms with E-state index in [1.807, 2.05) is 32.7 Å². The number of hydrogen-bond acceptors (Lipinski definition) is 8. The lowest BCUT2D eigenvalue weighted by atomic mass is 9.96. The zero-order valence-electron chi connectivity index (χ0n) is 28.0. The average molecular weight is 791 g/mol. The summed E-state index contributed by atoms with van der Waals surface area (Å²) in [7, 11) is 0. The Balaban J connectivity index is 0.00000432. The van der Waals surface area contributed by atoms with Gasteiger partial charge in [0.25, 0.3) is 6.33 Å². The quantitative estimate of drug-likeness (QED) is 0.268. The predicted molar refractivity (Wildman–Crippen MR) is 186 cm³/mol. The predicted octanol–water partition coefficient (Wildman–Crippen LogP) is 1.69. The summed E-state index contributed by atoms with van der Waals surface area (Å²) >= 11 is 12.8. The number of carbonyl (C=O) groups excluding carboxylic acids is 1. The minimum absolute atomic E-state index is 0. The highest BCUT2D eigenvalue weighted by atomic mass is 79.9. The Hall–Kier alpha value is -3.17. The minimum atomic E-state index is -1.12. The van der Waals surface area contributed by atoms with Crippen molar-refractivity contribution in [3.05, 3.63) is 95.0 Å². The van der Waals surface area contributed by atoms with Gasteiger partial charge >= 0.3 is 6.03 Å². The van der Waals surface area contributed by atoms with Gasteiger partial charge in [0.1, 0.15) is 30.7 Å². The molecule has 7 rings (SSSR count). The van der Waals surface area contributed by atoms with Crippen molar-refractivity contribution in [2.45, 2.75) is 50.3 Å². The fourth-order valence-electron chi connectivity index (χ4n) is 7.07. The first-order valence-corrected chi connectivity index (χ1v) is 17.7. The summed E-state index contributed by atoms with van der Waals surface area (Å²) in [5, 5.41) is 9.90. The first-order valence-electron chi connectivity index (χ1n) is 16.9. The molecule has 1 aromatic heterocycles. The van der Waals surface area contributed by atoms with Crippen LogP contribution >= 0.6 is 23.2 Å². The van der Waals surface area contributed by atoms with Crippen LogP contribution in [-0.4, -0.2) is 95.4 Å². The molecule has 3 saturated heterocycles. The third-order valence-electron chi connectivity index (χ3n) is 9.65. The molecule has 3 aromatic rings. The number of benzene rings is 2. The molecule has 1 aliphatic carbocycles. The molecule has 2 N–H and O–H groups in total. The lowest BCUT2D eigenvalue weighted by Crippen LogP contribution is -3.00. The number of amides is 2. The minimum Gasteiger partial charge on any atom is -1.00 e. The second-order valence-electron chi connectivity index (χ2n) is 12.9. The molecule has 0 saturated carbocycles. The Labute approximate surface area is 313 Å². The van der Waals surface area contributed by atoms with Crippen LogP contribution in [0.15, 0.2) is 79.4 Å².